The van der Waals surface area contributed by atoms with Gasteiger partial charge in [0.25, 0.3) is 0 Å². The second kappa shape index (κ2) is 12.6. The Morgan fingerprint density at radius 3 is 2.14 bits per heavy atom. The molecule has 3 rings (SSSR count). The van der Waals surface area contributed by atoms with E-state index in [9.17, 15) is 13.6 Å². The monoisotopic (exact) mass is 497 g/mol. The topological polar surface area (TPSA) is 44.4 Å². The molecule has 2 N–H and O–H groups in total. The summed E-state index contributed by atoms with van der Waals surface area (Å²) >= 11 is 1.68. The maximum atomic E-state index is 14.1. The van der Waals surface area contributed by atoms with Gasteiger partial charge in [-0.1, -0.05) is 58.0 Å². The van der Waals surface area contributed by atoms with Gasteiger partial charge in [0, 0.05) is 29.8 Å². The molecule has 3 aromatic rings. The van der Waals surface area contributed by atoms with E-state index in [1.165, 1.54) is 11.6 Å². The van der Waals surface area contributed by atoms with Crippen molar-refractivity contribution in [1.82, 2.24) is 0 Å². The average molecular weight is 498 g/mol. The number of carbonyl (C=O) groups is 1. The van der Waals surface area contributed by atoms with Gasteiger partial charge in [-0.15, -0.1) is 11.8 Å². The highest BCUT2D eigenvalue weighted by Gasteiger charge is 2.17. The van der Waals surface area contributed by atoms with Crippen molar-refractivity contribution in [2.75, 3.05) is 28.6 Å². The van der Waals surface area contributed by atoms with Crippen molar-refractivity contribution in [2.24, 2.45) is 11.8 Å². The Labute approximate surface area is 211 Å². The van der Waals surface area contributed by atoms with Gasteiger partial charge in [0.2, 0.25) is 0 Å². The maximum absolute atomic E-state index is 14.1. The van der Waals surface area contributed by atoms with Crippen molar-refractivity contribution in [1.29, 1.82) is 0 Å². The molecule has 0 saturated carbocycles. The Bertz CT molecular complexity index is 1110. The molecule has 0 unspecified atom stereocenters. The molecule has 0 heterocycles. The second-order valence-electron chi connectivity index (χ2n) is 9.35. The summed E-state index contributed by atoms with van der Waals surface area (Å²) in [4.78, 5) is 16.1. The van der Waals surface area contributed by atoms with Crippen LogP contribution in [0, 0.1) is 23.5 Å². The number of thioether (sulfide) groups is 1. The quantitative estimate of drug-likeness (QED) is 0.279. The van der Waals surface area contributed by atoms with Gasteiger partial charge < -0.3 is 15.5 Å². The molecule has 3 aromatic carbocycles. The van der Waals surface area contributed by atoms with Gasteiger partial charge >= 0.3 is 6.03 Å². The molecule has 0 atom stereocenters. The minimum atomic E-state index is -0.825. The highest BCUT2D eigenvalue weighted by molar-refractivity contribution is 7.98. The summed E-state index contributed by atoms with van der Waals surface area (Å²) < 4.78 is 27.3. The summed E-state index contributed by atoms with van der Waals surface area (Å²) in [5.74, 6) is 0.131. The third-order valence-corrected chi connectivity index (χ3v) is 6.22. The molecule has 0 aliphatic heterocycles. The van der Waals surface area contributed by atoms with E-state index in [4.69, 9.17) is 0 Å². The Morgan fingerprint density at radius 2 is 1.51 bits per heavy atom. The average Bonchev–Trinajstić information content (AvgIpc) is 2.79. The van der Waals surface area contributed by atoms with E-state index in [2.05, 4.69) is 61.4 Å². The van der Waals surface area contributed by atoms with Gasteiger partial charge in [-0.3, -0.25) is 0 Å². The molecule has 0 spiro atoms. The smallest absolute Gasteiger partial charge is 0.323 e. The number of carbonyl (C=O) groups excluding carboxylic acids is 1. The van der Waals surface area contributed by atoms with E-state index >= 15 is 0 Å². The molecule has 0 radical (unpaired) electrons. The van der Waals surface area contributed by atoms with Crippen LogP contribution in [-0.2, 0) is 5.75 Å². The largest absolute Gasteiger partial charge is 0.369 e. The third-order valence-electron chi connectivity index (χ3n) is 5.16. The summed E-state index contributed by atoms with van der Waals surface area (Å²) in [7, 11) is 0. The van der Waals surface area contributed by atoms with Crippen LogP contribution in [0.25, 0.3) is 0 Å². The van der Waals surface area contributed by atoms with Crippen molar-refractivity contribution < 1.29 is 13.6 Å². The van der Waals surface area contributed by atoms with E-state index in [0.29, 0.717) is 17.5 Å². The van der Waals surface area contributed by atoms with Crippen LogP contribution in [0.1, 0.15) is 33.3 Å². The molecular weight excluding hydrogens is 464 g/mol. The van der Waals surface area contributed by atoms with Gasteiger partial charge in [-0.25, -0.2) is 13.6 Å². The predicted octanol–water partition coefficient (Wildman–Crippen LogP) is 8.02. The van der Waals surface area contributed by atoms with E-state index in [1.807, 2.05) is 30.3 Å². The standard InChI is InChI=1S/C28H33F2N3OS/c1-19(2)16-33(17-20(3)4)27-13-11-23(35-18-21-8-6-5-7-9-21)15-26(27)32-28(34)31-25-12-10-22(29)14-24(25)30/h5-15,19-20H,16-18H2,1-4H3,(H2,31,32,34). The van der Waals surface area contributed by atoms with Gasteiger partial charge in [0.05, 0.1) is 17.1 Å². The first-order valence-corrected chi connectivity index (χ1v) is 12.8. The molecule has 0 fully saturated rings. The van der Waals surface area contributed by atoms with E-state index in [1.54, 1.807) is 11.8 Å². The van der Waals surface area contributed by atoms with Crippen molar-refractivity contribution in [3.05, 3.63) is 83.9 Å². The van der Waals surface area contributed by atoms with Gasteiger partial charge in [0.1, 0.15) is 11.6 Å². The minimum Gasteiger partial charge on any atom is -0.369 e. The predicted molar refractivity (Wildman–Crippen MR) is 143 cm³/mol. The number of nitrogens with one attached hydrogen (secondary N) is 2. The molecule has 4 nitrogen and oxygen atoms in total. The highest BCUT2D eigenvalue weighted by Crippen LogP contribution is 2.34. The lowest BCUT2D eigenvalue weighted by atomic mass is 10.1. The molecule has 186 valence electrons. The number of hydrogen-bond donors (Lipinski definition) is 2. The van der Waals surface area contributed by atoms with Crippen LogP contribution >= 0.6 is 11.8 Å². The van der Waals surface area contributed by atoms with E-state index < -0.39 is 17.7 Å². The molecule has 0 aliphatic carbocycles. The number of halogens is 2. The molecule has 0 bridgehead atoms. The number of rotatable bonds is 10. The molecule has 35 heavy (non-hydrogen) atoms. The van der Waals surface area contributed by atoms with Crippen molar-refractivity contribution in [2.45, 2.75) is 38.3 Å². The summed E-state index contributed by atoms with van der Waals surface area (Å²) in [6, 6.07) is 18.7. The highest BCUT2D eigenvalue weighted by atomic mass is 32.2. The Balaban J connectivity index is 1.87. The molecule has 0 aromatic heterocycles. The molecule has 0 aliphatic rings. The molecule has 0 saturated heterocycles. The zero-order valence-electron chi connectivity index (χ0n) is 20.6. The number of anilines is 3. The van der Waals surface area contributed by atoms with Crippen molar-refractivity contribution >= 4 is 34.9 Å². The molecule has 7 heteroatoms. The number of benzene rings is 3. The molecule has 2 amide bonds. The van der Waals surface area contributed by atoms with Crippen LogP contribution in [0.2, 0.25) is 0 Å². The second-order valence-corrected chi connectivity index (χ2v) is 10.4. The van der Waals surface area contributed by atoms with Gasteiger partial charge in [0.15, 0.2) is 0 Å². The summed E-state index contributed by atoms with van der Waals surface area (Å²) in [6.45, 7) is 10.3. The van der Waals surface area contributed by atoms with Crippen LogP contribution in [0.5, 0.6) is 0 Å². The third kappa shape index (κ3) is 8.28. The van der Waals surface area contributed by atoms with E-state index in [-0.39, 0.29) is 5.69 Å². The Hall–Kier alpha value is -3.06. The van der Waals surface area contributed by atoms with Gasteiger partial charge in [-0.05, 0) is 47.7 Å². The first kappa shape index (κ1) is 26.5. The van der Waals surface area contributed by atoms with Crippen LogP contribution in [0.4, 0.5) is 30.6 Å². The number of nitrogens with zero attached hydrogens (tertiary/aromatic N) is 1. The normalized spacial score (nSPS) is 11.1. The first-order chi connectivity index (χ1) is 16.7. The van der Waals surface area contributed by atoms with Crippen LogP contribution in [0.3, 0.4) is 0 Å². The van der Waals surface area contributed by atoms with Crippen LogP contribution in [-0.4, -0.2) is 19.1 Å². The summed E-state index contributed by atoms with van der Waals surface area (Å²) in [6.07, 6.45) is 0. The van der Waals surface area contributed by atoms with E-state index in [0.717, 1.165) is 41.6 Å². The summed E-state index contributed by atoms with van der Waals surface area (Å²) in [5.41, 5.74) is 2.68. The number of hydrogen-bond acceptors (Lipinski definition) is 3. The Kier molecular flexibility index (Phi) is 9.55. The van der Waals surface area contributed by atoms with Crippen molar-refractivity contribution in [3.63, 3.8) is 0 Å². The lowest BCUT2D eigenvalue weighted by Crippen LogP contribution is -2.32. The van der Waals surface area contributed by atoms with Crippen molar-refractivity contribution in [3.8, 4) is 0 Å². The zero-order valence-corrected chi connectivity index (χ0v) is 21.5. The fourth-order valence-corrected chi connectivity index (χ4v) is 4.63. The lowest BCUT2D eigenvalue weighted by molar-refractivity contribution is 0.262. The zero-order chi connectivity index (χ0) is 25.4. The Morgan fingerprint density at radius 1 is 0.857 bits per heavy atom. The summed E-state index contributed by atoms with van der Waals surface area (Å²) in [5, 5.41) is 5.39. The first-order valence-electron chi connectivity index (χ1n) is 11.8. The van der Waals surface area contributed by atoms with Crippen LogP contribution < -0.4 is 15.5 Å². The van der Waals surface area contributed by atoms with Gasteiger partial charge in [-0.2, -0.15) is 0 Å². The minimum absolute atomic E-state index is 0.0822. The SMILES string of the molecule is CC(C)CN(CC(C)C)c1ccc(SCc2ccccc2)cc1NC(=O)Nc1ccc(F)cc1F. The lowest BCUT2D eigenvalue weighted by Gasteiger charge is -2.30. The molecular formula is C28H33F2N3OS. The fraction of sp³-hybridized carbons (Fsp3) is 0.321. The maximum Gasteiger partial charge on any atom is 0.323 e. The number of amides is 2. The fourth-order valence-electron chi connectivity index (χ4n) is 3.74. The van der Waals surface area contributed by atoms with Crippen LogP contribution in [0.15, 0.2) is 71.6 Å². The number of urea groups is 1.